The minimum Gasteiger partial charge on any atom is -0.308 e. The molecule has 102 valence electrons. The zero-order valence-electron chi connectivity index (χ0n) is 10.8. The van der Waals surface area contributed by atoms with E-state index in [0.717, 1.165) is 17.5 Å². The van der Waals surface area contributed by atoms with Crippen molar-refractivity contribution >= 4 is 23.2 Å². The summed E-state index contributed by atoms with van der Waals surface area (Å²) < 4.78 is 13.4. The summed E-state index contributed by atoms with van der Waals surface area (Å²) in [5.41, 5.74) is 3.16. The van der Waals surface area contributed by atoms with Crippen LogP contribution in [0.5, 0.6) is 0 Å². The number of benzene rings is 2. The van der Waals surface area contributed by atoms with Gasteiger partial charge in [0.25, 0.3) is 5.91 Å². The fourth-order valence-electron chi connectivity index (χ4n) is 2.51. The highest BCUT2D eigenvalue weighted by Crippen LogP contribution is 2.30. The molecule has 0 atom stereocenters. The molecule has 0 unspecified atom stereocenters. The van der Waals surface area contributed by atoms with E-state index in [0.29, 0.717) is 23.7 Å². The van der Waals surface area contributed by atoms with Gasteiger partial charge in [-0.25, -0.2) is 4.39 Å². The van der Waals surface area contributed by atoms with Gasteiger partial charge in [-0.3, -0.25) is 4.79 Å². The molecule has 1 heterocycles. The molecule has 1 aliphatic rings. The second-order valence-electron chi connectivity index (χ2n) is 4.81. The fourth-order valence-corrected chi connectivity index (χ4v) is 2.67. The highest BCUT2D eigenvalue weighted by atomic mass is 35.5. The Morgan fingerprint density at radius 1 is 1.25 bits per heavy atom. The third-order valence-electron chi connectivity index (χ3n) is 3.52. The topological polar surface area (TPSA) is 20.3 Å². The van der Waals surface area contributed by atoms with Gasteiger partial charge in [-0.05, 0) is 41.8 Å². The van der Waals surface area contributed by atoms with E-state index in [1.54, 1.807) is 23.1 Å². The molecular formula is C16H13ClFNO. The van der Waals surface area contributed by atoms with Crippen molar-refractivity contribution in [2.75, 3.05) is 11.4 Å². The number of anilines is 1. The molecule has 0 fully saturated rings. The summed E-state index contributed by atoms with van der Waals surface area (Å²) in [5, 5.41) is 0. The SMILES string of the molecule is O=C(c1cccc(CCl)c1)N1CCc2ccc(F)cc21. The number of alkyl halides is 1. The Hall–Kier alpha value is -1.87. The van der Waals surface area contributed by atoms with E-state index in [-0.39, 0.29) is 11.7 Å². The first kappa shape index (κ1) is 13.1. The van der Waals surface area contributed by atoms with Crippen LogP contribution in [-0.2, 0) is 12.3 Å². The lowest BCUT2D eigenvalue weighted by atomic mass is 10.1. The lowest BCUT2D eigenvalue weighted by Crippen LogP contribution is -2.29. The highest BCUT2D eigenvalue weighted by Gasteiger charge is 2.25. The largest absolute Gasteiger partial charge is 0.308 e. The number of rotatable bonds is 2. The van der Waals surface area contributed by atoms with Crippen LogP contribution < -0.4 is 4.90 Å². The molecule has 0 N–H and O–H groups in total. The monoisotopic (exact) mass is 289 g/mol. The Kier molecular flexibility index (Phi) is 3.45. The summed E-state index contributed by atoms with van der Waals surface area (Å²) in [6.07, 6.45) is 0.760. The molecule has 0 radical (unpaired) electrons. The molecule has 0 bridgehead atoms. The van der Waals surface area contributed by atoms with Crippen LogP contribution in [0.25, 0.3) is 0 Å². The van der Waals surface area contributed by atoms with Crippen LogP contribution in [0.1, 0.15) is 21.5 Å². The van der Waals surface area contributed by atoms with Gasteiger partial charge in [0, 0.05) is 18.0 Å². The molecule has 0 aliphatic carbocycles. The summed E-state index contributed by atoms with van der Waals surface area (Å²) in [7, 11) is 0. The van der Waals surface area contributed by atoms with E-state index in [4.69, 9.17) is 11.6 Å². The first-order chi connectivity index (χ1) is 9.69. The Morgan fingerprint density at radius 2 is 2.10 bits per heavy atom. The molecule has 0 aromatic heterocycles. The maximum Gasteiger partial charge on any atom is 0.258 e. The third-order valence-corrected chi connectivity index (χ3v) is 3.82. The van der Waals surface area contributed by atoms with Gasteiger partial charge in [-0.2, -0.15) is 0 Å². The summed E-state index contributed by atoms with van der Waals surface area (Å²) >= 11 is 5.79. The number of carbonyl (C=O) groups excluding carboxylic acids is 1. The van der Waals surface area contributed by atoms with Crippen molar-refractivity contribution < 1.29 is 9.18 Å². The fraction of sp³-hybridized carbons (Fsp3) is 0.188. The number of amides is 1. The first-order valence-corrected chi connectivity index (χ1v) is 6.97. The number of fused-ring (bicyclic) bond motifs is 1. The van der Waals surface area contributed by atoms with E-state index < -0.39 is 0 Å². The zero-order valence-corrected chi connectivity index (χ0v) is 11.5. The van der Waals surface area contributed by atoms with Gasteiger partial charge >= 0.3 is 0 Å². The number of hydrogen-bond acceptors (Lipinski definition) is 1. The average Bonchev–Trinajstić information content (AvgIpc) is 2.89. The van der Waals surface area contributed by atoms with Crippen LogP contribution in [-0.4, -0.2) is 12.5 Å². The third kappa shape index (κ3) is 2.29. The molecule has 2 aromatic carbocycles. The molecular weight excluding hydrogens is 277 g/mol. The van der Waals surface area contributed by atoms with E-state index in [1.807, 2.05) is 12.1 Å². The predicted octanol–water partition coefficient (Wildman–Crippen LogP) is 3.77. The van der Waals surface area contributed by atoms with Crippen LogP contribution in [0.15, 0.2) is 42.5 Å². The number of halogens is 2. The van der Waals surface area contributed by atoms with Crippen LogP contribution >= 0.6 is 11.6 Å². The van der Waals surface area contributed by atoms with Crippen LogP contribution in [0.4, 0.5) is 10.1 Å². The second kappa shape index (κ2) is 5.25. The Labute approximate surface area is 121 Å². The van der Waals surface area contributed by atoms with Crippen LogP contribution in [0, 0.1) is 5.82 Å². The van der Waals surface area contributed by atoms with Crippen molar-refractivity contribution in [3.05, 3.63) is 65.0 Å². The molecule has 1 amide bonds. The standard InChI is InChI=1S/C16H13ClFNO/c17-10-11-2-1-3-13(8-11)16(20)19-7-6-12-4-5-14(18)9-15(12)19/h1-5,8-9H,6-7,10H2. The molecule has 3 rings (SSSR count). The minimum absolute atomic E-state index is 0.110. The Balaban J connectivity index is 1.95. The van der Waals surface area contributed by atoms with E-state index in [2.05, 4.69) is 0 Å². The first-order valence-electron chi connectivity index (χ1n) is 6.44. The summed E-state index contributed by atoms with van der Waals surface area (Å²) in [4.78, 5) is 14.2. The predicted molar refractivity (Wildman–Crippen MR) is 77.8 cm³/mol. The molecule has 2 nitrogen and oxygen atoms in total. The van der Waals surface area contributed by atoms with Crippen molar-refractivity contribution in [1.82, 2.24) is 0 Å². The van der Waals surface area contributed by atoms with Crippen molar-refractivity contribution in [1.29, 1.82) is 0 Å². The van der Waals surface area contributed by atoms with E-state index in [9.17, 15) is 9.18 Å². The van der Waals surface area contributed by atoms with Gasteiger partial charge in [0.05, 0.1) is 5.69 Å². The maximum absolute atomic E-state index is 13.4. The van der Waals surface area contributed by atoms with Gasteiger partial charge < -0.3 is 4.90 Å². The van der Waals surface area contributed by atoms with Crippen molar-refractivity contribution in [3.8, 4) is 0 Å². The van der Waals surface area contributed by atoms with Crippen molar-refractivity contribution in [3.63, 3.8) is 0 Å². The molecule has 4 heteroatoms. The molecule has 0 saturated heterocycles. The van der Waals surface area contributed by atoms with Gasteiger partial charge in [-0.1, -0.05) is 18.2 Å². The van der Waals surface area contributed by atoms with Crippen molar-refractivity contribution in [2.45, 2.75) is 12.3 Å². The number of nitrogens with zero attached hydrogens (tertiary/aromatic N) is 1. The van der Waals surface area contributed by atoms with Crippen LogP contribution in [0.2, 0.25) is 0 Å². The second-order valence-corrected chi connectivity index (χ2v) is 5.08. The average molecular weight is 290 g/mol. The van der Waals surface area contributed by atoms with Crippen LogP contribution in [0.3, 0.4) is 0 Å². The highest BCUT2D eigenvalue weighted by molar-refractivity contribution is 6.17. The molecule has 0 spiro atoms. The van der Waals surface area contributed by atoms with E-state index >= 15 is 0 Å². The smallest absolute Gasteiger partial charge is 0.258 e. The number of carbonyl (C=O) groups is 1. The van der Waals surface area contributed by atoms with E-state index in [1.165, 1.54) is 12.1 Å². The zero-order chi connectivity index (χ0) is 14.1. The van der Waals surface area contributed by atoms with Gasteiger partial charge in [0.15, 0.2) is 0 Å². The Morgan fingerprint density at radius 3 is 2.90 bits per heavy atom. The summed E-state index contributed by atoms with van der Waals surface area (Å²) in [6, 6.07) is 11.8. The lowest BCUT2D eigenvalue weighted by Gasteiger charge is -2.17. The minimum atomic E-state index is -0.321. The van der Waals surface area contributed by atoms with Gasteiger partial charge in [0.2, 0.25) is 0 Å². The molecule has 0 saturated carbocycles. The van der Waals surface area contributed by atoms with Crippen molar-refractivity contribution in [2.24, 2.45) is 0 Å². The summed E-state index contributed by atoms with van der Waals surface area (Å²) in [6.45, 7) is 0.586. The molecule has 20 heavy (non-hydrogen) atoms. The Bertz CT molecular complexity index is 671. The molecule has 2 aromatic rings. The normalized spacial score (nSPS) is 13.4. The molecule has 1 aliphatic heterocycles. The maximum atomic E-state index is 13.4. The summed E-state index contributed by atoms with van der Waals surface area (Å²) in [5.74, 6) is -0.0638. The van der Waals surface area contributed by atoms with Gasteiger partial charge in [-0.15, -0.1) is 11.6 Å². The quantitative estimate of drug-likeness (QED) is 0.771. The lowest BCUT2D eigenvalue weighted by molar-refractivity contribution is 0.0989. The number of hydrogen-bond donors (Lipinski definition) is 0. The van der Waals surface area contributed by atoms with Gasteiger partial charge in [0.1, 0.15) is 5.82 Å².